The summed E-state index contributed by atoms with van der Waals surface area (Å²) in [4.78, 5) is 27.7. The van der Waals surface area contributed by atoms with Crippen molar-refractivity contribution in [2.75, 3.05) is 26.2 Å². The Bertz CT molecular complexity index is 605. The third-order valence-electron chi connectivity index (χ3n) is 5.09. The maximum absolute atomic E-state index is 12.8. The van der Waals surface area contributed by atoms with Crippen LogP contribution >= 0.6 is 12.4 Å². The minimum atomic E-state index is -0.412. The van der Waals surface area contributed by atoms with E-state index in [0.717, 1.165) is 44.6 Å². The van der Waals surface area contributed by atoms with E-state index < -0.39 is 4.92 Å². The van der Waals surface area contributed by atoms with Gasteiger partial charge in [0.15, 0.2) is 0 Å². The van der Waals surface area contributed by atoms with E-state index in [1.165, 1.54) is 31.4 Å². The van der Waals surface area contributed by atoms with Gasteiger partial charge in [-0.3, -0.25) is 14.9 Å². The van der Waals surface area contributed by atoms with Gasteiger partial charge in [-0.25, -0.2) is 0 Å². The zero-order chi connectivity index (χ0) is 16.9. The molecule has 0 bridgehead atoms. The molecule has 2 fully saturated rings. The van der Waals surface area contributed by atoms with Gasteiger partial charge in [0.1, 0.15) is 0 Å². The summed E-state index contributed by atoms with van der Waals surface area (Å²) in [5.74, 6) is 0.0967. The van der Waals surface area contributed by atoms with Gasteiger partial charge in [0.05, 0.1) is 11.3 Å². The van der Waals surface area contributed by atoms with Crippen molar-refractivity contribution in [3.63, 3.8) is 0 Å². The molecule has 0 radical (unpaired) electrons. The second-order valence-electron chi connectivity index (χ2n) is 6.85. The summed E-state index contributed by atoms with van der Waals surface area (Å²) in [5, 5.41) is 10.9. The van der Waals surface area contributed by atoms with Gasteiger partial charge in [-0.15, -0.1) is 12.4 Å². The van der Waals surface area contributed by atoms with Gasteiger partial charge in [-0.05, 0) is 50.8 Å². The molecule has 1 unspecified atom stereocenters. The Labute approximate surface area is 154 Å². The smallest absolute Gasteiger partial charge is 0.269 e. The number of hydrogen-bond donors (Lipinski definition) is 0. The number of nitro groups is 1. The normalized spacial score (nSPS) is 21.0. The molecule has 1 aromatic carbocycles. The molecule has 1 atom stereocenters. The Morgan fingerprint density at radius 2 is 1.88 bits per heavy atom. The number of amides is 1. The van der Waals surface area contributed by atoms with E-state index in [0.29, 0.717) is 6.04 Å². The lowest BCUT2D eigenvalue weighted by molar-refractivity contribution is -0.384. The van der Waals surface area contributed by atoms with Gasteiger partial charge in [-0.1, -0.05) is 12.1 Å². The molecule has 3 rings (SSSR count). The molecule has 1 aromatic rings. The Hall–Kier alpha value is -1.66. The number of rotatable bonds is 5. The Morgan fingerprint density at radius 1 is 1.16 bits per heavy atom. The topological polar surface area (TPSA) is 66.7 Å². The molecule has 0 aliphatic carbocycles. The number of nitro benzene ring substituents is 1. The highest BCUT2D eigenvalue weighted by Crippen LogP contribution is 2.22. The largest absolute Gasteiger partial charge is 0.338 e. The van der Waals surface area contributed by atoms with Crippen molar-refractivity contribution in [3.05, 3.63) is 39.9 Å². The second-order valence-corrected chi connectivity index (χ2v) is 6.85. The Morgan fingerprint density at radius 3 is 2.60 bits per heavy atom. The van der Waals surface area contributed by atoms with Gasteiger partial charge in [0.2, 0.25) is 5.91 Å². The molecule has 25 heavy (non-hydrogen) atoms. The van der Waals surface area contributed by atoms with Gasteiger partial charge in [0, 0.05) is 31.3 Å². The quantitative estimate of drug-likeness (QED) is 0.592. The molecule has 1 amide bonds. The average Bonchev–Trinajstić information content (AvgIpc) is 3.08. The number of likely N-dealkylation sites (tertiary alicyclic amines) is 2. The maximum atomic E-state index is 12.8. The lowest BCUT2D eigenvalue weighted by atomic mass is 10.00. The minimum Gasteiger partial charge on any atom is -0.338 e. The monoisotopic (exact) mass is 367 g/mol. The molecule has 2 aliphatic rings. The standard InChI is InChI=1S/C18H25N3O3.ClH/c22-18(13-15-6-5-8-16(12-15)21(23)24)20-11-2-1-7-17(20)14-19-9-3-4-10-19;/h5-6,8,12,17H,1-4,7,9-11,13-14H2;1H. The summed E-state index contributed by atoms with van der Waals surface area (Å²) in [6.45, 7) is 4.07. The van der Waals surface area contributed by atoms with Crippen LogP contribution in [0.5, 0.6) is 0 Å². The number of benzene rings is 1. The van der Waals surface area contributed by atoms with E-state index in [1.807, 2.05) is 4.90 Å². The predicted octanol–water partition coefficient (Wildman–Crippen LogP) is 3.04. The van der Waals surface area contributed by atoms with Crippen molar-refractivity contribution >= 4 is 24.0 Å². The molecule has 7 heteroatoms. The fraction of sp³-hybridized carbons (Fsp3) is 0.611. The molecular formula is C18H26ClN3O3. The minimum absolute atomic E-state index is 0. The molecule has 6 nitrogen and oxygen atoms in total. The number of carbonyl (C=O) groups is 1. The zero-order valence-electron chi connectivity index (χ0n) is 14.4. The molecular weight excluding hydrogens is 342 g/mol. The van der Waals surface area contributed by atoms with Crippen LogP contribution in [0.1, 0.15) is 37.7 Å². The van der Waals surface area contributed by atoms with Crippen molar-refractivity contribution in [3.8, 4) is 0 Å². The Kier molecular flexibility index (Phi) is 7.20. The van der Waals surface area contributed by atoms with Crippen molar-refractivity contribution in [1.82, 2.24) is 9.80 Å². The van der Waals surface area contributed by atoms with Crippen LogP contribution in [-0.4, -0.2) is 52.9 Å². The highest BCUT2D eigenvalue weighted by Gasteiger charge is 2.29. The highest BCUT2D eigenvalue weighted by molar-refractivity contribution is 5.85. The van der Waals surface area contributed by atoms with E-state index in [1.54, 1.807) is 12.1 Å². The van der Waals surface area contributed by atoms with E-state index in [2.05, 4.69) is 4.90 Å². The summed E-state index contributed by atoms with van der Waals surface area (Å²) in [6.07, 6.45) is 6.06. The first-order chi connectivity index (χ1) is 11.6. The van der Waals surface area contributed by atoms with Gasteiger partial charge >= 0.3 is 0 Å². The first kappa shape index (κ1) is 19.7. The average molecular weight is 368 g/mol. The van der Waals surface area contributed by atoms with Crippen molar-refractivity contribution in [1.29, 1.82) is 0 Å². The van der Waals surface area contributed by atoms with Crippen LogP contribution in [0.2, 0.25) is 0 Å². The predicted molar refractivity (Wildman–Crippen MR) is 99.1 cm³/mol. The number of halogens is 1. The fourth-order valence-electron chi connectivity index (χ4n) is 3.84. The lowest BCUT2D eigenvalue weighted by Gasteiger charge is -2.38. The van der Waals surface area contributed by atoms with E-state index in [9.17, 15) is 14.9 Å². The zero-order valence-corrected chi connectivity index (χ0v) is 15.2. The lowest BCUT2D eigenvalue weighted by Crippen LogP contribution is -2.49. The molecule has 0 spiro atoms. The van der Waals surface area contributed by atoms with Crippen LogP contribution in [0, 0.1) is 10.1 Å². The molecule has 0 N–H and O–H groups in total. The first-order valence-electron chi connectivity index (χ1n) is 8.88. The van der Waals surface area contributed by atoms with Crippen LogP contribution in [0.25, 0.3) is 0 Å². The third-order valence-corrected chi connectivity index (χ3v) is 5.09. The second kappa shape index (κ2) is 9.15. The van der Waals surface area contributed by atoms with Gasteiger partial charge in [-0.2, -0.15) is 0 Å². The van der Waals surface area contributed by atoms with E-state index in [-0.39, 0.29) is 30.4 Å². The molecule has 138 valence electrons. The molecule has 2 saturated heterocycles. The van der Waals surface area contributed by atoms with Crippen molar-refractivity contribution in [2.45, 2.75) is 44.6 Å². The van der Waals surface area contributed by atoms with Crippen molar-refractivity contribution in [2.24, 2.45) is 0 Å². The van der Waals surface area contributed by atoms with Gasteiger partial charge < -0.3 is 9.80 Å². The number of nitrogens with zero attached hydrogens (tertiary/aromatic N) is 3. The number of piperidine rings is 1. The number of non-ortho nitro benzene ring substituents is 1. The SMILES string of the molecule is Cl.O=C(Cc1cccc([N+](=O)[O-])c1)N1CCCCC1CN1CCCC1. The molecule has 0 saturated carbocycles. The summed E-state index contributed by atoms with van der Waals surface area (Å²) < 4.78 is 0. The Balaban J connectivity index is 0.00000225. The molecule has 2 heterocycles. The van der Waals surface area contributed by atoms with Crippen LogP contribution in [0.15, 0.2) is 24.3 Å². The van der Waals surface area contributed by atoms with Crippen LogP contribution in [0.4, 0.5) is 5.69 Å². The van der Waals surface area contributed by atoms with E-state index >= 15 is 0 Å². The molecule has 0 aromatic heterocycles. The third kappa shape index (κ3) is 5.16. The molecule has 2 aliphatic heterocycles. The van der Waals surface area contributed by atoms with Crippen LogP contribution in [-0.2, 0) is 11.2 Å². The highest BCUT2D eigenvalue weighted by atomic mass is 35.5. The maximum Gasteiger partial charge on any atom is 0.269 e. The summed E-state index contributed by atoms with van der Waals surface area (Å²) in [7, 11) is 0. The van der Waals surface area contributed by atoms with Gasteiger partial charge in [0.25, 0.3) is 5.69 Å². The van der Waals surface area contributed by atoms with Crippen molar-refractivity contribution < 1.29 is 9.72 Å². The summed E-state index contributed by atoms with van der Waals surface area (Å²) in [6, 6.07) is 6.72. The summed E-state index contributed by atoms with van der Waals surface area (Å²) in [5.41, 5.74) is 0.771. The van der Waals surface area contributed by atoms with E-state index in [4.69, 9.17) is 0 Å². The van der Waals surface area contributed by atoms with Crippen LogP contribution < -0.4 is 0 Å². The fourth-order valence-corrected chi connectivity index (χ4v) is 3.84. The number of carbonyl (C=O) groups excluding carboxylic acids is 1. The van der Waals surface area contributed by atoms with Crippen LogP contribution in [0.3, 0.4) is 0 Å². The number of hydrogen-bond acceptors (Lipinski definition) is 4. The summed E-state index contributed by atoms with van der Waals surface area (Å²) >= 11 is 0. The first-order valence-corrected chi connectivity index (χ1v) is 8.88.